The number of aromatic nitrogens is 4. The van der Waals surface area contributed by atoms with Gasteiger partial charge in [-0.15, -0.1) is 11.8 Å². The normalized spacial score (nSPS) is 18.3. The van der Waals surface area contributed by atoms with Crippen molar-refractivity contribution in [3.8, 4) is 0 Å². The Kier molecular flexibility index (Phi) is 5.31. The van der Waals surface area contributed by atoms with E-state index in [0.29, 0.717) is 0 Å². The first-order chi connectivity index (χ1) is 15.0. The molecule has 2 aliphatic rings. The topological polar surface area (TPSA) is 70.4 Å². The maximum Gasteiger partial charge on any atom is 0.244 e. The summed E-state index contributed by atoms with van der Waals surface area (Å²) in [6.45, 7) is 8.01. The summed E-state index contributed by atoms with van der Waals surface area (Å²) in [4.78, 5) is 30.3. The van der Waals surface area contributed by atoms with Crippen molar-refractivity contribution in [2.24, 2.45) is 7.05 Å². The number of amides is 1. The largest absolute Gasteiger partial charge is 0.353 e. The molecule has 1 atom stereocenters. The molecule has 31 heavy (non-hydrogen) atoms. The third-order valence-electron chi connectivity index (χ3n) is 6.20. The van der Waals surface area contributed by atoms with Crippen LogP contribution >= 0.6 is 11.8 Å². The second kappa shape index (κ2) is 8.12. The van der Waals surface area contributed by atoms with Crippen molar-refractivity contribution in [1.82, 2.24) is 24.6 Å². The maximum atomic E-state index is 13.4. The van der Waals surface area contributed by atoms with Gasteiger partial charge < -0.3 is 9.80 Å². The van der Waals surface area contributed by atoms with E-state index in [9.17, 15) is 4.79 Å². The van der Waals surface area contributed by atoms with E-state index >= 15 is 0 Å². The van der Waals surface area contributed by atoms with Crippen LogP contribution < -0.4 is 9.80 Å². The Morgan fingerprint density at radius 2 is 1.87 bits per heavy atom. The van der Waals surface area contributed by atoms with Gasteiger partial charge in [-0.25, -0.2) is 9.97 Å². The van der Waals surface area contributed by atoms with Gasteiger partial charge in [-0.2, -0.15) is 5.10 Å². The van der Waals surface area contributed by atoms with Gasteiger partial charge >= 0.3 is 0 Å². The third kappa shape index (κ3) is 3.65. The van der Waals surface area contributed by atoms with Gasteiger partial charge in [0, 0.05) is 50.4 Å². The van der Waals surface area contributed by atoms with Gasteiger partial charge in [0.2, 0.25) is 5.91 Å². The fourth-order valence-electron chi connectivity index (χ4n) is 4.46. The zero-order valence-electron chi connectivity index (χ0n) is 18.2. The van der Waals surface area contributed by atoms with Gasteiger partial charge in [0.05, 0.1) is 23.3 Å². The summed E-state index contributed by atoms with van der Waals surface area (Å²) in [6, 6.07) is 8.06. The number of carbonyl (C=O) groups excluding carboxylic acids is 1. The number of piperazine rings is 1. The lowest BCUT2D eigenvalue weighted by atomic mass is 10.1. The highest BCUT2D eigenvalue weighted by Crippen LogP contribution is 2.35. The van der Waals surface area contributed by atoms with Crippen molar-refractivity contribution in [3.63, 3.8) is 0 Å². The molecule has 5 rings (SSSR count). The molecule has 0 bridgehead atoms. The minimum absolute atomic E-state index is 0.149. The third-order valence-corrected chi connectivity index (χ3v) is 7.24. The molecular formula is C22H27N7OS. The summed E-state index contributed by atoms with van der Waals surface area (Å²) in [5.74, 6) is 2.82. The van der Waals surface area contributed by atoms with Crippen LogP contribution in [0.15, 0.2) is 35.4 Å². The molecule has 1 unspecified atom stereocenters. The molecule has 1 saturated heterocycles. The molecule has 162 valence electrons. The second-order valence-electron chi connectivity index (χ2n) is 8.10. The zero-order chi connectivity index (χ0) is 21.5. The molecule has 2 aliphatic heterocycles. The smallest absolute Gasteiger partial charge is 0.244 e. The van der Waals surface area contributed by atoms with Crippen LogP contribution in [-0.4, -0.2) is 75.1 Å². The Labute approximate surface area is 186 Å². The number of thioether (sulfide) groups is 1. The number of hydrogen-bond acceptors (Lipinski definition) is 7. The number of hydrogen-bond donors (Lipinski definition) is 0. The summed E-state index contributed by atoms with van der Waals surface area (Å²) in [5.41, 5.74) is 1.90. The lowest BCUT2D eigenvalue weighted by Gasteiger charge is -2.40. The molecule has 1 fully saturated rings. The van der Waals surface area contributed by atoms with E-state index in [1.807, 2.05) is 55.9 Å². The Morgan fingerprint density at radius 3 is 2.68 bits per heavy atom. The summed E-state index contributed by atoms with van der Waals surface area (Å²) in [7, 11) is 1.90. The average Bonchev–Trinajstić information content (AvgIpc) is 3.17. The lowest BCUT2D eigenvalue weighted by molar-refractivity contribution is -0.123. The van der Waals surface area contributed by atoms with Crippen LogP contribution in [0, 0.1) is 6.92 Å². The number of carbonyl (C=O) groups is 1. The van der Waals surface area contributed by atoms with E-state index in [1.165, 1.54) is 4.90 Å². The zero-order valence-corrected chi connectivity index (χ0v) is 19.0. The molecule has 0 spiro atoms. The molecular weight excluding hydrogens is 410 g/mol. The first-order valence-electron chi connectivity index (χ1n) is 10.7. The summed E-state index contributed by atoms with van der Waals surface area (Å²) in [6.07, 6.45) is 1.84. The molecule has 0 N–H and O–H groups in total. The summed E-state index contributed by atoms with van der Waals surface area (Å²) < 4.78 is 1.79. The van der Waals surface area contributed by atoms with Crippen LogP contribution in [0.25, 0.3) is 11.0 Å². The van der Waals surface area contributed by atoms with E-state index in [-0.39, 0.29) is 11.9 Å². The number of anilines is 2. The van der Waals surface area contributed by atoms with Crippen LogP contribution in [0.3, 0.4) is 0 Å². The monoisotopic (exact) mass is 437 g/mol. The van der Waals surface area contributed by atoms with Gasteiger partial charge in [-0.1, -0.05) is 12.1 Å². The SMILES string of the molecule is Cc1nc(N2CCN(C(C)C(=O)N3CCSc4ccccc43)CC2)c2cnn(C)c2n1. The Morgan fingerprint density at radius 1 is 1.10 bits per heavy atom. The van der Waals surface area contributed by atoms with Crippen LogP contribution in [0.1, 0.15) is 12.7 Å². The van der Waals surface area contributed by atoms with E-state index < -0.39 is 0 Å². The number of rotatable bonds is 3. The average molecular weight is 438 g/mol. The maximum absolute atomic E-state index is 13.4. The van der Waals surface area contributed by atoms with Gasteiger partial charge in [0.25, 0.3) is 0 Å². The molecule has 3 aromatic rings. The minimum atomic E-state index is -0.149. The molecule has 0 aliphatic carbocycles. The Balaban J connectivity index is 1.30. The molecule has 0 saturated carbocycles. The van der Waals surface area contributed by atoms with Crippen molar-refractivity contribution in [2.75, 3.05) is 48.3 Å². The summed E-state index contributed by atoms with van der Waals surface area (Å²) in [5, 5.41) is 5.33. The van der Waals surface area contributed by atoms with Crippen molar-refractivity contribution >= 4 is 40.2 Å². The standard InChI is InChI=1S/C22H27N7OS/c1-15(22(30)29-12-13-31-19-7-5-4-6-18(19)29)27-8-10-28(11-9-27)21-17-14-23-26(3)20(17)24-16(2)25-21/h4-7,14-15H,8-13H2,1-3H3. The molecule has 1 aromatic carbocycles. The van der Waals surface area contributed by atoms with Crippen molar-refractivity contribution in [3.05, 3.63) is 36.3 Å². The lowest BCUT2D eigenvalue weighted by Crippen LogP contribution is -2.55. The van der Waals surface area contributed by atoms with Crippen LogP contribution in [-0.2, 0) is 11.8 Å². The fraction of sp³-hybridized carbons (Fsp3) is 0.455. The Bertz CT molecular complexity index is 1120. The van der Waals surface area contributed by atoms with Gasteiger partial charge in [-0.3, -0.25) is 14.4 Å². The van der Waals surface area contributed by atoms with Gasteiger partial charge in [0.15, 0.2) is 5.65 Å². The first-order valence-corrected chi connectivity index (χ1v) is 11.7. The second-order valence-corrected chi connectivity index (χ2v) is 9.24. The number of para-hydroxylation sites is 1. The van der Waals surface area contributed by atoms with Crippen LogP contribution in [0.5, 0.6) is 0 Å². The highest BCUT2D eigenvalue weighted by atomic mass is 32.2. The van der Waals surface area contributed by atoms with E-state index in [0.717, 1.165) is 66.8 Å². The van der Waals surface area contributed by atoms with Crippen LogP contribution in [0.2, 0.25) is 0 Å². The van der Waals surface area contributed by atoms with Crippen LogP contribution in [0.4, 0.5) is 11.5 Å². The predicted octanol–water partition coefficient (Wildman–Crippen LogP) is 2.32. The predicted molar refractivity (Wildman–Crippen MR) is 124 cm³/mol. The molecule has 9 heteroatoms. The molecule has 2 aromatic heterocycles. The number of benzene rings is 1. The molecule has 8 nitrogen and oxygen atoms in total. The van der Waals surface area contributed by atoms with Gasteiger partial charge in [-0.05, 0) is 26.0 Å². The number of fused-ring (bicyclic) bond motifs is 2. The van der Waals surface area contributed by atoms with Crippen molar-refractivity contribution < 1.29 is 4.79 Å². The van der Waals surface area contributed by atoms with Crippen molar-refractivity contribution in [2.45, 2.75) is 24.8 Å². The summed E-state index contributed by atoms with van der Waals surface area (Å²) >= 11 is 1.83. The molecule has 0 radical (unpaired) electrons. The van der Waals surface area contributed by atoms with Gasteiger partial charge in [0.1, 0.15) is 11.6 Å². The quantitative estimate of drug-likeness (QED) is 0.623. The highest BCUT2D eigenvalue weighted by molar-refractivity contribution is 7.99. The first kappa shape index (κ1) is 20.3. The molecule has 4 heterocycles. The highest BCUT2D eigenvalue weighted by Gasteiger charge is 2.32. The van der Waals surface area contributed by atoms with E-state index in [4.69, 9.17) is 4.98 Å². The van der Waals surface area contributed by atoms with Crippen molar-refractivity contribution in [1.29, 1.82) is 0 Å². The number of aryl methyl sites for hydroxylation is 2. The fourth-order valence-corrected chi connectivity index (χ4v) is 5.45. The van der Waals surface area contributed by atoms with E-state index in [1.54, 1.807) is 4.68 Å². The number of nitrogens with zero attached hydrogens (tertiary/aromatic N) is 7. The molecule has 1 amide bonds. The minimum Gasteiger partial charge on any atom is -0.353 e. The van der Waals surface area contributed by atoms with E-state index in [2.05, 4.69) is 32.0 Å². The Hall–Kier alpha value is -2.65.